The molecule has 1 saturated heterocycles. The maximum atomic E-state index is 12.9. The fraction of sp³-hybridized carbons (Fsp3) is 0.542. The largest absolute Gasteiger partial charge is 0.450 e. The van der Waals surface area contributed by atoms with Crippen LogP contribution in [-0.2, 0) is 9.53 Å². The number of nitriles is 1. The number of aromatic nitrogens is 2. The fourth-order valence-corrected chi connectivity index (χ4v) is 3.86. The third-order valence-electron chi connectivity index (χ3n) is 5.68. The number of hydrogen-bond acceptors (Lipinski definition) is 7. The second-order valence-corrected chi connectivity index (χ2v) is 8.01. The topological polar surface area (TPSA) is 111 Å². The van der Waals surface area contributed by atoms with Crippen LogP contribution in [0.2, 0.25) is 0 Å². The van der Waals surface area contributed by atoms with Crippen LogP contribution >= 0.6 is 0 Å². The van der Waals surface area contributed by atoms with Gasteiger partial charge in [-0.15, -0.1) is 0 Å². The van der Waals surface area contributed by atoms with Crippen LogP contribution < -0.4 is 10.2 Å². The Morgan fingerprint density at radius 1 is 1.09 bits per heavy atom. The highest BCUT2D eigenvalue weighted by molar-refractivity contribution is 5.88. The molecule has 0 saturated carbocycles. The van der Waals surface area contributed by atoms with Crippen LogP contribution in [0.15, 0.2) is 24.3 Å². The molecule has 2 amide bonds. The van der Waals surface area contributed by atoms with Gasteiger partial charge in [-0.25, -0.2) is 14.8 Å². The number of ether oxygens (including phenoxy) is 1. The first-order valence-electron chi connectivity index (χ1n) is 11.7. The second-order valence-electron chi connectivity index (χ2n) is 8.01. The highest BCUT2D eigenvalue weighted by atomic mass is 16.6. The Balaban J connectivity index is 1.83. The molecule has 2 aromatic rings. The lowest BCUT2D eigenvalue weighted by molar-refractivity contribution is -0.121. The predicted octanol–water partition coefficient (Wildman–Crippen LogP) is 3.21. The van der Waals surface area contributed by atoms with Crippen LogP contribution in [0.25, 0.3) is 11.0 Å². The number of benzene rings is 1. The molecule has 1 aromatic heterocycles. The summed E-state index contributed by atoms with van der Waals surface area (Å²) in [5, 5.41) is 12.8. The van der Waals surface area contributed by atoms with Gasteiger partial charge in [0.2, 0.25) is 5.91 Å². The first kappa shape index (κ1) is 24.2. The molecule has 0 spiro atoms. The summed E-state index contributed by atoms with van der Waals surface area (Å²) in [6.07, 6.45) is 3.83. The highest BCUT2D eigenvalue weighted by Gasteiger charge is 2.31. The maximum absolute atomic E-state index is 12.9. The van der Waals surface area contributed by atoms with Crippen molar-refractivity contribution in [2.24, 2.45) is 0 Å². The van der Waals surface area contributed by atoms with E-state index in [0.29, 0.717) is 61.9 Å². The van der Waals surface area contributed by atoms with E-state index in [4.69, 9.17) is 14.7 Å². The molecule has 1 aliphatic rings. The van der Waals surface area contributed by atoms with Crippen molar-refractivity contribution in [2.75, 3.05) is 44.2 Å². The Morgan fingerprint density at radius 2 is 1.79 bits per heavy atom. The summed E-state index contributed by atoms with van der Waals surface area (Å²) in [5.41, 5.74) is 1.69. The van der Waals surface area contributed by atoms with E-state index < -0.39 is 5.92 Å². The van der Waals surface area contributed by atoms with Crippen molar-refractivity contribution < 1.29 is 14.3 Å². The minimum absolute atomic E-state index is 0.330. The molecular weight excluding hydrogens is 420 g/mol. The second kappa shape index (κ2) is 12.0. The van der Waals surface area contributed by atoms with Gasteiger partial charge < -0.3 is 19.9 Å². The molecule has 9 heteroatoms. The first-order valence-corrected chi connectivity index (χ1v) is 11.7. The number of carbonyl (C=O) groups is 2. The van der Waals surface area contributed by atoms with Gasteiger partial charge in [0.1, 0.15) is 5.69 Å². The monoisotopic (exact) mass is 452 g/mol. The number of anilines is 1. The molecule has 3 rings (SSSR count). The lowest BCUT2D eigenvalue weighted by atomic mass is 10.0. The summed E-state index contributed by atoms with van der Waals surface area (Å²) < 4.78 is 5.10. The van der Waals surface area contributed by atoms with Gasteiger partial charge in [0.15, 0.2) is 11.7 Å². The third kappa shape index (κ3) is 6.09. The van der Waals surface area contributed by atoms with E-state index in [2.05, 4.69) is 18.3 Å². The van der Waals surface area contributed by atoms with Crippen molar-refractivity contribution in [3.8, 4) is 6.07 Å². The average Bonchev–Trinajstić information content (AvgIpc) is 2.84. The van der Waals surface area contributed by atoms with E-state index in [1.54, 1.807) is 11.8 Å². The summed E-state index contributed by atoms with van der Waals surface area (Å²) >= 11 is 0. The average molecular weight is 453 g/mol. The van der Waals surface area contributed by atoms with Gasteiger partial charge in [-0.3, -0.25) is 4.79 Å². The number of piperazine rings is 1. The van der Waals surface area contributed by atoms with Gasteiger partial charge in [0.25, 0.3) is 0 Å². The van der Waals surface area contributed by atoms with Gasteiger partial charge >= 0.3 is 6.09 Å². The van der Waals surface area contributed by atoms with Gasteiger partial charge in [-0.1, -0.05) is 38.3 Å². The van der Waals surface area contributed by atoms with Crippen molar-refractivity contribution in [1.29, 1.82) is 5.26 Å². The number of nitrogens with one attached hydrogen (secondary N) is 1. The minimum atomic E-state index is -1.06. The third-order valence-corrected chi connectivity index (χ3v) is 5.68. The van der Waals surface area contributed by atoms with Gasteiger partial charge in [-0.2, -0.15) is 5.26 Å². The van der Waals surface area contributed by atoms with Crippen molar-refractivity contribution >= 4 is 28.9 Å². The van der Waals surface area contributed by atoms with Crippen molar-refractivity contribution in [3.63, 3.8) is 0 Å². The highest BCUT2D eigenvalue weighted by Crippen LogP contribution is 2.28. The van der Waals surface area contributed by atoms with E-state index in [-0.39, 0.29) is 12.0 Å². The zero-order valence-electron chi connectivity index (χ0n) is 19.4. The van der Waals surface area contributed by atoms with E-state index in [1.165, 1.54) is 0 Å². The summed E-state index contributed by atoms with van der Waals surface area (Å²) in [6, 6.07) is 9.55. The van der Waals surface area contributed by atoms with Crippen LogP contribution in [0.4, 0.5) is 10.6 Å². The molecule has 176 valence electrons. The number of fused-ring (bicyclic) bond motifs is 1. The Bertz CT molecular complexity index is 997. The molecule has 1 aliphatic heterocycles. The zero-order chi connectivity index (χ0) is 23.6. The van der Waals surface area contributed by atoms with Crippen molar-refractivity contribution in [2.45, 2.75) is 45.4 Å². The van der Waals surface area contributed by atoms with E-state index >= 15 is 0 Å². The molecular formula is C24H32N6O3. The standard InChI is InChI=1S/C24H32N6O3/c1-3-5-6-9-12-26-23(31)18(17-25)21-22(28-20-11-8-7-10-19(20)27-21)29-13-15-30(16-14-29)24(32)33-4-2/h7-8,10-11,18H,3-6,9,12-16H2,1-2H3,(H,26,31)/t18-/m1/s1. The summed E-state index contributed by atoms with van der Waals surface area (Å²) in [7, 11) is 0. The summed E-state index contributed by atoms with van der Waals surface area (Å²) in [5.74, 6) is -0.902. The van der Waals surface area contributed by atoms with Crippen LogP contribution in [0.3, 0.4) is 0 Å². The molecule has 2 heterocycles. The number of para-hydroxylation sites is 2. The molecule has 9 nitrogen and oxygen atoms in total. The molecule has 0 aliphatic carbocycles. The zero-order valence-corrected chi connectivity index (χ0v) is 19.4. The number of amides is 2. The van der Waals surface area contributed by atoms with E-state index in [9.17, 15) is 14.9 Å². The van der Waals surface area contributed by atoms with E-state index in [1.807, 2.05) is 29.2 Å². The van der Waals surface area contributed by atoms with E-state index in [0.717, 1.165) is 25.7 Å². The quantitative estimate of drug-likeness (QED) is 0.582. The Kier molecular flexibility index (Phi) is 8.81. The van der Waals surface area contributed by atoms with Gasteiger partial charge in [-0.05, 0) is 25.5 Å². The Labute approximate surface area is 194 Å². The molecule has 1 fully saturated rings. The van der Waals surface area contributed by atoms with Crippen LogP contribution in [-0.4, -0.2) is 66.2 Å². The molecule has 1 N–H and O–H groups in total. The SMILES string of the molecule is CCCCCCNC(=O)[C@H](C#N)c1nc2ccccc2nc1N1CCN(C(=O)OCC)CC1. The van der Waals surface area contributed by atoms with Crippen LogP contribution in [0.5, 0.6) is 0 Å². The number of rotatable bonds is 9. The van der Waals surface area contributed by atoms with Crippen LogP contribution in [0.1, 0.15) is 51.1 Å². The molecule has 0 unspecified atom stereocenters. The Hall–Kier alpha value is -3.41. The first-order chi connectivity index (χ1) is 16.1. The smallest absolute Gasteiger partial charge is 0.409 e. The predicted molar refractivity (Wildman–Crippen MR) is 126 cm³/mol. The van der Waals surface area contributed by atoms with Gasteiger partial charge in [0, 0.05) is 32.7 Å². The van der Waals surface area contributed by atoms with Crippen LogP contribution in [0, 0.1) is 11.3 Å². The normalized spacial score (nSPS) is 14.6. The number of nitrogens with zero attached hydrogens (tertiary/aromatic N) is 5. The minimum Gasteiger partial charge on any atom is -0.450 e. The number of hydrogen-bond donors (Lipinski definition) is 1. The lowest BCUT2D eigenvalue weighted by Crippen LogP contribution is -2.49. The molecule has 1 aromatic carbocycles. The summed E-state index contributed by atoms with van der Waals surface area (Å²) in [4.78, 5) is 38.1. The number of carbonyl (C=O) groups excluding carboxylic acids is 2. The lowest BCUT2D eigenvalue weighted by Gasteiger charge is -2.35. The van der Waals surface area contributed by atoms with Gasteiger partial charge in [0.05, 0.1) is 23.7 Å². The molecule has 0 radical (unpaired) electrons. The van der Waals surface area contributed by atoms with Crippen molar-refractivity contribution in [1.82, 2.24) is 20.2 Å². The fourth-order valence-electron chi connectivity index (χ4n) is 3.86. The molecule has 0 bridgehead atoms. The maximum Gasteiger partial charge on any atom is 0.409 e. The van der Waals surface area contributed by atoms with Crippen molar-refractivity contribution in [3.05, 3.63) is 30.0 Å². The Morgan fingerprint density at radius 3 is 2.42 bits per heavy atom. The molecule has 33 heavy (non-hydrogen) atoms. The molecule has 1 atom stereocenters. The number of unbranched alkanes of at least 4 members (excludes halogenated alkanes) is 3. The summed E-state index contributed by atoms with van der Waals surface area (Å²) in [6.45, 7) is 6.73.